The Bertz CT molecular complexity index is 611. The quantitative estimate of drug-likeness (QED) is 0.748. The van der Waals surface area contributed by atoms with E-state index in [1.54, 1.807) is 10.4 Å². The standard InChI is InChI=1S/C19H20Si/c1-3-7-16(8-4-1)19-13-17(15-11-12-15)14-20(19)18-9-5-2-6-10-18/h1-10,13,15,17,20H,11-12,14H2/t17-,20+/m0/s1. The Morgan fingerprint density at radius 2 is 1.45 bits per heavy atom. The summed E-state index contributed by atoms with van der Waals surface area (Å²) >= 11 is 0. The van der Waals surface area contributed by atoms with Crippen LogP contribution in [0.1, 0.15) is 18.4 Å². The van der Waals surface area contributed by atoms with Crippen LogP contribution in [0.4, 0.5) is 0 Å². The van der Waals surface area contributed by atoms with E-state index in [2.05, 4.69) is 66.7 Å². The van der Waals surface area contributed by atoms with E-state index in [9.17, 15) is 0 Å². The fourth-order valence-corrected chi connectivity index (χ4v) is 7.31. The first-order valence-electron chi connectivity index (χ1n) is 7.74. The summed E-state index contributed by atoms with van der Waals surface area (Å²) in [5.74, 6) is 1.86. The molecule has 4 rings (SSSR count). The summed E-state index contributed by atoms with van der Waals surface area (Å²) in [6.45, 7) is 0. The van der Waals surface area contributed by atoms with Crippen LogP contribution >= 0.6 is 0 Å². The summed E-state index contributed by atoms with van der Waals surface area (Å²) in [5, 5.41) is 3.31. The van der Waals surface area contributed by atoms with Crippen molar-refractivity contribution in [2.24, 2.45) is 11.8 Å². The lowest BCUT2D eigenvalue weighted by Gasteiger charge is -2.15. The highest BCUT2D eigenvalue weighted by Gasteiger charge is 2.38. The summed E-state index contributed by atoms with van der Waals surface area (Å²) in [4.78, 5) is 0. The van der Waals surface area contributed by atoms with Crippen LogP contribution in [-0.2, 0) is 0 Å². The van der Waals surface area contributed by atoms with Gasteiger partial charge in [-0.15, -0.1) is 0 Å². The van der Waals surface area contributed by atoms with Crippen molar-refractivity contribution in [1.29, 1.82) is 0 Å². The van der Waals surface area contributed by atoms with Crippen LogP contribution in [0.2, 0.25) is 6.04 Å². The van der Waals surface area contributed by atoms with E-state index in [0.717, 1.165) is 11.8 Å². The van der Waals surface area contributed by atoms with Gasteiger partial charge in [-0.3, -0.25) is 0 Å². The van der Waals surface area contributed by atoms with Crippen molar-refractivity contribution in [2.45, 2.75) is 18.9 Å². The maximum atomic E-state index is 2.64. The molecule has 0 aromatic heterocycles. The zero-order valence-electron chi connectivity index (χ0n) is 11.7. The Kier molecular flexibility index (Phi) is 3.08. The predicted octanol–water partition coefficient (Wildman–Crippen LogP) is 3.78. The number of allylic oxidation sites excluding steroid dienone is 1. The molecule has 1 aliphatic carbocycles. The Morgan fingerprint density at radius 3 is 2.10 bits per heavy atom. The molecule has 2 aromatic carbocycles. The highest BCUT2D eigenvalue weighted by atomic mass is 28.3. The normalized spacial score (nSPS) is 25.5. The summed E-state index contributed by atoms with van der Waals surface area (Å²) in [7, 11) is -0.994. The minimum Gasteiger partial charge on any atom is -0.0815 e. The molecule has 0 nitrogen and oxygen atoms in total. The van der Waals surface area contributed by atoms with Gasteiger partial charge in [0.25, 0.3) is 0 Å². The van der Waals surface area contributed by atoms with Crippen LogP contribution in [0.5, 0.6) is 0 Å². The van der Waals surface area contributed by atoms with Crippen molar-refractivity contribution in [3.8, 4) is 0 Å². The molecule has 1 saturated carbocycles. The van der Waals surface area contributed by atoms with E-state index >= 15 is 0 Å². The summed E-state index contributed by atoms with van der Waals surface area (Å²) in [6, 6.07) is 23.8. The van der Waals surface area contributed by atoms with Gasteiger partial charge in [0.15, 0.2) is 0 Å². The van der Waals surface area contributed by atoms with Gasteiger partial charge in [-0.1, -0.05) is 77.1 Å². The third kappa shape index (κ3) is 2.27. The van der Waals surface area contributed by atoms with Crippen molar-refractivity contribution in [3.63, 3.8) is 0 Å². The Morgan fingerprint density at radius 1 is 0.800 bits per heavy atom. The molecule has 1 heteroatoms. The maximum absolute atomic E-state index is 2.64. The van der Waals surface area contributed by atoms with Gasteiger partial charge >= 0.3 is 0 Å². The minimum atomic E-state index is -0.994. The second-order valence-corrected chi connectivity index (χ2v) is 9.05. The van der Waals surface area contributed by atoms with Crippen molar-refractivity contribution < 1.29 is 0 Å². The van der Waals surface area contributed by atoms with Gasteiger partial charge in [-0.25, -0.2) is 0 Å². The van der Waals surface area contributed by atoms with Gasteiger partial charge < -0.3 is 0 Å². The number of hydrogen-bond donors (Lipinski definition) is 0. The Balaban J connectivity index is 1.72. The lowest BCUT2D eigenvalue weighted by molar-refractivity contribution is 0.634. The predicted molar refractivity (Wildman–Crippen MR) is 88.7 cm³/mol. The molecule has 0 radical (unpaired) electrons. The third-order valence-corrected chi connectivity index (χ3v) is 8.30. The first-order chi connectivity index (χ1) is 9.92. The van der Waals surface area contributed by atoms with Crippen molar-refractivity contribution in [1.82, 2.24) is 0 Å². The van der Waals surface area contributed by atoms with Gasteiger partial charge in [0.05, 0.1) is 0 Å². The second kappa shape index (κ2) is 5.06. The van der Waals surface area contributed by atoms with Gasteiger partial charge in [0, 0.05) is 0 Å². The SMILES string of the molecule is C1=C(c2ccccc2)[Si@@H](c2ccccc2)C[C@H]1C1CC1. The van der Waals surface area contributed by atoms with E-state index in [0.29, 0.717) is 0 Å². The molecule has 0 saturated heterocycles. The maximum Gasteiger partial charge on any atom is 0.104 e. The van der Waals surface area contributed by atoms with E-state index in [1.807, 2.05) is 0 Å². The molecular formula is C19H20Si. The molecule has 0 bridgehead atoms. The Labute approximate surface area is 122 Å². The smallest absolute Gasteiger partial charge is 0.0815 e. The summed E-state index contributed by atoms with van der Waals surface area (Å²) < 4.78 is 0. The van der Waals surface area contributed by atoms with Crippen molar-refractivity contribution >= 4 is 19.2 Å². The molecule has 20 heavy (non-hydrogen) atoms. The highest BCUT2D eigenvalue weighted by molar-refractivity contribution is 6.90. The zero-order chi connectivity index (χ0) is 13.4. The molecular weight excluding hydrogens is 256 g/mol. The molecule has 2 atom stereocenters. The molecule has 0 N–H and O–H groups in total. The average molecular weight is 276 g/mol. The van der Waals surface area contributed by atoms with Crippen LogP contribution in [-0.4, -0.2) is 8.80 Å². The first-order valence-corrected chi connectivity index (χ1v) is 9.71. The third-order valence-electron chi connectivity index (χ3n) is 4.81. The van der Waals surface area contributed by atoms with Gasteiger partial charge in [0.1, 0.15) is 8.80 Å². The van der Waals surface area contributed by atoms with Crippen LogP contribution in [0, 0.1) is 11.8 Å². The topological polar surface area (TPSA) is 0 Å². The monoisotopic (exact) mass is 276 g/mol. The van der Waals surface area contributed by atoms with E-state index in [4.69, 9.17) is 0 Å². The van der Waals surface area contributed by atoms with Crippen LogP contribution in [0.15, 0.2) is 66.7 Å². The molecule has 1 heterocycles. The summed E-state index contributed by atoms with van der Waals surface area (Å²) in [6.07, 6.45) is 5.55. The first kappa shape index (κ1) is 12.2. The van der Waals surface area contributed by atoms with E-state index < -0.39 is 8.80 Å². The van der Waals surface area contributed by atoms with Crippen molar-refractivity contribution in [3.05, 3.63) is 72.3 Å². The van der Waals surface area contributed by atoms with Crippen molar-refractivity contribution in [2.75, 3.05) is 0 Å². The van der Waals surface area contributed by atoms with Crippen LogP contribution in [0.3, 0.4) is 0 Å². The number of benzene rings is 2. The number of rotatable bonds is 3. The van der Waals surface area contributed by atoms with Crippen LogP contribution in [0.25, 0.3) is 5.20 Å². The van der Waals surface area contributed by atoms with Gasteiger partial charge in [-0.05, 0) is 36.3 Å². The molecule has 0 amide bonds. The van der Waals surface area contributed by atoms with E-state index in [-0.39, 0.29) is 0 Å². The molecule has 0 unspecified atom stereocenters. The zero-order valence-corrected chi connectivity index (χ0v) is 12.9. The summed E-state index contributed by atoms with van der Waals surface area (Å²) in [5.41, 5.74) is 1.47. The molecule has 0 spiro atoms. The number of hydrogen-bond acceptors (Lipinski definition) is 0. The fourth-order valence-electron chi connectivity index (χ4n) is 3.60. The lowest BCUT2D eigenvalue weighted by Crippen LogP contribution is -2.29. The molecule has 1 aliphatic heterocycles. The van der Waals surface area contributed by atoms with Gasteiger partial charge in [0.2, 0.25) is 0 Å². The minimum absolute atomic E-state index is 0.863. The van der Waals surface area contributed by atoms with Gasteiger partial charge in [-0.2, -0.15) is 0 Å². The average Bonchev–Trinajstić information content (AvgIpc) is 3.28. The molecule has 2 aromatic rings. The molecule has 1 fully saturated rings. The molecule has 100 valence electrons. The largest absolute Gasteiger partial charge is 0.104 e. The Hall–Kier alpha value is -1.60. The fraction of sp³-hybridized carbons (Fsp3) is 0.263. The highest BCUT2D eigenvalue weighted by Crippen LogP contribution is 2.45. The lowest BCUT2D eigenvalue weighted by atomic mass is 10.0. The van der Waals surface area contributed by atoms with E-state index in [1.165, 1.54) is 24.4 Å². The molecule has 2 aliphatic rings. The van der Waals surface area contributed by atoms with Crippen LogP contribution < -0.4 is 5.19 Å². The second-order valence-electron chi connectivity index (χ2n) is 6.19.